The number of aromatic nitrogens is 7. The first-order valence-corrected chi connectivity index (χ1v) is 15.6. The van der Waals surface area contributed by atoms with E-state index >= 15 is 0 Å². The van der Waals surface area contributed by atoms with E-state index < -0.39 is 0 Å². The van der Waals surface area contributed by atoms with Gasteiger partial charge in [-0.15, -0.1) is 5.10 Å². The number of rotatable bonds is 6. The number of nitrogens with zero attached hydrogens (tertiary/aromatic N) is 7. The summed E-state index contributed by atoms with van der Waals surface area (Å²) in [6, 6.07) is 46.4. The second kappa shape index (κ2) is 12.2. The molecule has 3 heterocycles. The van der Waals surface area contributed by atoms with Crippen LogP contribution in [0, 0.1) is 0 Å². The van der Waals surface area contributed by atoms with Gasteiger partial charge in [-0.1, -0.05) is 157 Å². The van der Waals surface area contributed by atoms with Crippen molar-refractivity contribution in [3.63, 3.8) is 0 Å². The molecule has 47 heavy (non-hydrogen) atoms. The van der Waals surface area contributed by atoms with Gasteiger partial charge in [0.2, 0.25) is 0 Å². The van der Waals surface area contributed by atoms with Gasteiger partial charge in [0.15, 0.2) is 23.3 Å². The van der Waals surface area contributed by atoms with Crippen LogP contribution >= 0.6 is 23.2 Å². The van der Waals surface area contributed by atoms with Crippen molar-refractivity contribution < 1.29 is 0 Å². The van der Waals surface area contributed by atoms with E-state index in [9.17, 15) is 0 Å². The van der Waals surface area contributed by atoms with Crippen LogP contribution in [0.1, 0.15) is 0 Å². The van der Waals surface area contributed by atoms with Gasteiger partial charge in [0.25, 0.3) is 5.78 Å². The predicted molar refractivity (Wildman–Crippen MR) is 187 cm³/mol. The summed E-state index contributed by atoms with van der Waals surface area (Å²) in [4.78, 5) is 23.5. The van der Waals surface area contributed by atoms with Crippen LogP contribution in [0.4, 0.5) is 0 Å². The maximum absolute atomic E-state index is 6.29. The smallest absolute Gasteiger partial charge is 0.208 e. The Morgan fingerprint density at radius 3 is 1.15 bits per heavy atom. The second-order valence-electron chi connectivity index (χ2n) is 10.8. The Kier molecular flexibility index (Phi) is 7.45. The van der Waals surface area contributed by atoms with Crippen molar-refractivity contribution in [2.24, 2.45) is 0 Å². The van der Waals surface area contributed by atoms with Gasteiger partial charge in [0, 0.05) is 28.3 Å². The van der Waals surface area contributed by atoms with Crippen LogP contribution in [0.15, 0.2) is 140 Å². The summed E-state index contributed by atoms with van der Waals surface area (Å²) >= 11 is 12.3. The number of benzene rings is 5. The molecule has 0 radical (unpaired) electrons. The fourth-order valence-corrected chi connectivity index (χ4v) is 5.80. The molecular weight excluding hydrogens is 625 g/mol. The number of halogens is 2. The lowest BCUT2D eigenvalue weighted by molar-refractivity contribution is 0.943. The predicted octanol–water partition coefficient (Wildman–Crippen LogP) is 9.62. The zero-order valence-corrected chi connectivity index (χ0v) is 26.2. The van der Waals surface area contributed by atoms with Crippen molar-refractivity contribution in [2.45, 2.75) is 0 Å². The molecule has 0 amide bonds. The van der Waals surface area contributed by atoms with Gasteiger partial charge in [0.05, 0.1) is 0 Å². The highest BCUT2D eigenvalue weighted by atomic mass is 35.5. The Balaban J connectivity index is 1.18. The molecule has 3 aromatic heterocycles. The fourth-order valence-electron chi connectivity index (χ4n) is 5.35. The Bertz CT molecular complexity index is 2240. The Hall–Kier alpha value is -5.76. The molecular formula is C38H23Cl2N7. The van der Waals surface area contributed by atoms with Crippen LogP contribution in [0.2, 0.25) is 10.3 Å². The summed E-state index contributed by atoms with van der Waals surface area (Å²) in [7, 11) is 0. The minimum absolute atomic E-state index is 0.252. The molecule has 5 aromatic carbocycles. The first-order chi connectivity index (χ1) is 23.1. The summed E-state index contributed by atoms with van der Waals surface area (Å²) < 4.78 is 1.45. The zero-order chi connectivity index (χ0) is 31.7. The summed E-state index contributed by atoms with van der Waals surface area (Å²) in [6.45, 7) is 0. The van der Waals surface area contributed by atoms with Crippen LogP contribution in [0.3, 0.4) is 0 Å². The minimum atomic E-state index is 0.252. The molecule has 0 unspecified atom stereocenters. The van der Waals surface area contributed by atoms with E-state index in [0.717, 1.165) is 44.5 Å². The van der Waals surface area contributed by atoms with Gasteiger partial charge in [-0.05, 0) is 22.3 Å². The molecule has 0 atom stereocenters. The Morgan fingerprint density at radius 1 is 0.362 bits per heavy atom. The lowest BCUT2D eigenvalue weighted by atomic mass is 10.0. The van der Waals surface area contributed by atoms with E-state index in [4.69, 9.17) is 38.2 Å². The summed E-state index contributed by atoms with van der Waals surface area (Å²) in [6.07, 6.45) is 0. The van der Waals surface area contributed by atoms with E-state index in [-0.39, 0.29) is 5.15 Å². The Morgan fingerprint density at radius 2 is 0.723 bits per heavy atom. The van der Waals surface area contributed by atoms with E-state index in [1.54, 1.807) is 0 Å². The van der Waals surface area contributed by atoms with E-state index in [1.165, 1.54) is 10.6 Å². The molecule has 224 valence electrons. The summed E-state index contributed by atoms with van der Waals surface area (Å²) in [5, 5.41) is 5.08. The molecule has 0 saturated heterocycles. The van der Waals surface area contributed by atoms with Gasteiger partial charge < -0.3 is 0 Å². The molecule has 0 aliphatic carbocycles. The zero-order valence-electron chi connectivity index (χ0n) is 24.7. The fraction of sp³-hybridized carbons (Fsp3) is 0. The standard InChI is InChI=1S/C38H23Cl2N7/c39-32-23-33(40)47-38(41-32)45-37(46-47)31-21-19-30(20-22-31)36-43-34(28-15-11-26(12-16-28)24-7-3-1-4-8-24)42-35(44-36)29-17-13-27(14-18-29)25-9-5-2-6-10-25/h1-23H. The lowest BCUT2D eigenvalue weighted by Gasteiger charge is -2.10. The van der Waals surface area contributed by atoms with E-state index in [0.29, 0.717) is 34.2 Å². The highest BCUT2D eigenvalue weighted by molar-refractivity contribution is 6.33. The largest absolute Gasteiger partial charge is 0.255 e. The van der Waals surface area contributed by atoms with Crippen LogP contribution in [0.5, 0.6) is 0 Å². The minimum Gasteiger partial charge on any atom is -0.208 e. The Labute approximate surface area is 280 Å². The SMILES string of the molecule is Clc1cc(Cl)n2nc(-c3ccc(-c4nc(-c5ccc(-c6ccccc6)cc5)nc(-c5ccc(-c6ccccc6)cc5)n4)cc3)nc2n1. The summed E-state index contributed by atoms with van der Waals surface area (Å²) in [5.74, 6) is 2.52. The van der Waals surface area contributed by atoms with Crippen molar-refractivity contribution >= 4 is 29.0 Å². The van der Waals surface area contributed by atoms with Crippen molar-refractivity contribution in [2.75, 3.05) is 0 Å². The second-order valence-corrected chi connectivity index (χ2v) is 11.6. The molecule has 0 bridgehead atoms. The first kappa shape index (κ1) is 28.7. The third-order valence-electron chi connectivity index (χ3n) is 7.77. The van der Waals surface area contributed by atoms with Crippen molar-refractivity contribution in [1.82, 2.24) is 34.5 Å². The molecule has 8 aromatic rings. The first-order valence-electron chi connectivity index (χ1n) is 14.8. The number of hydrogen-bond acceptors (Lipinski definition) is 6. The molecule has 8 rings (SSSR count). The highest BCUT2D eigenvalue weighted by Crippen LogP contribution is 2.30. The average Bonchev–Trinajstić information content (AvgIpc) is 3.57. The van der Waals surface area contributed by atoms with Crippen molar-refractivity contribution in [3.05, 3.63) is 150 Å². The molecule has 0 saturated carbocycles. The molecule has 9 heteroatoms. The molecule has 0 spiro atoms. The number of fused-ring (bicyclic) bond motifs is 1. The van der Waals surface area contributed by atoms with Crippen LogP contribution < -0.4 is 0 Å². The quantitative estimate of drug-likeness (QED) is 0.167. The highest BCUT2D eigenvalue weighted by Gasteiger charge is 2.15. The third kappa shape index (κ3) is 5.86. The molecule has 0 N–H and O–H groups in total. The van der Waals surface area contributed by atoms with Gasteiger partial charge >= 0.3 is 0 Å². The lowest BCUT2D eigenvalue weighted by Crippen LogP contribution is -2.00. The van der Waals surface area contributed by atoms with Gasteiger partial charge in [-0.2, -0.15) is 14.5 Å². The van der Waals surface area contributed by atoms with Gasteiger partial charge in [-0.3, -0.25) is 0 Å². The van der Waals surface area contributed by atoms with Gasteiger partial charge in [-0.25, -0.2) is 15.0 Å². The molecule has 0 aliphatic heterocycles. The summed E-state index contributed by atoms with van der Waals surface area (Å²) in [5.41, 5.74) is 7.93. The number of hydrogen-bond donors (Lipinski definition) is 0. The van der Waals surface area contributed by atoms with E-state index in [2.05, 4.69) is 63.6 Å². The van der Waals surface area contributed by atoms with Crippen molar-refractivity contribution in [3.8, 4) is 67.8 Å². The third-order valence-corrected chi connectivity index (χ3v) is 8.24. The maximum atomic E-state index is 6.29. The molecule has 0 aliphatic rings. The van der Waals surface area contributed by atoms with E-state index in [1.807, 2.05) is 84.9 Å². The monoisotopic (exact) mass is 647 g/mol. The van der Waals surface area contributed by atoms with Crippen LogP contribution in [0.25, 0.3) is 73.6 Å². The van der Waals surface area contributed by atoms with Gasteiger partial charge in [0.1, 0.15) is 10.3 Å². The molecule has 0 fully saturated rings. The van der Waals surface area contributed by atoms with Crippen LogP contribution in [-0.2, 0) is 0 Å². The average molecular weight is 649 g/mol. The normalized spacial score (nSPS) is 11.2. The van der Waals surface area contributed by atoms with Crippen molar-refractivity contribution in [1.29, 1.82) is 0 Å². The van der Waals surface area contributed by atoms with Crippen LogP contribution in [-0.4, -0.2) is 34.5 Å². The topological polar surface area (TPSA) is 81.8 Å². The molecule has 7 nitrogen and oxygen atoms in total. The maximum Gasteiger partial charge on any atom is 0.255 e.